The average molecular weight is 534 g/mol. The molecule has 1 aliphatic heterocycles. The number of rotatable bonds is 10. The van der Waals surface area contributed by atoms with E-state index in [1.807, 2.05) is 0 Å². The van der Waals surface area contributed by atoms with Gasteiger partial charge in [-0.1, -0.05) is 28.6 Å². The third kappa shape index (κ3) is 5.46. The summed E-state index contributed by atoms with van der Waals surface area (Å²) < 4.78 is 35.6. The topological polar surface area (TPSA) is 162 Å². The molecule has 5 rings (SSSR count). The number of carbonyl (C=O) groups is 1. The first-order valence-electron chi connectivity index (χ1n) is 11.3. The molecule has 3 aromatic rings. The van der Waals surface area contributed by atoms with Crippen molar-refractivity contribution in [2.45, 2.75) is 35.5 Å². The molecule has 12 nitrogen and oxygen atoms in total. The lowest BCUT2D eigenvalue weighted by molar-refractivity contribution is -0.110. The molecule has 0 spiro atoms. The van der Waals surface area contributed by atoms with E-state index in [9.17, 15) is 13.2 Å². The molecular weight excluding hydrogens is 510 g/mol. The fraction of sp³-hybridized carbons (Fsp3) is 0.409. The highest BCUT2D eigenvalue weighted by atomic mass is 32.2. The van der Waals surface area contributed by atoms with E-state index in [1.54, 1.807) is 0 Å². The Hall–Kier alpha value is -3.20. The van der Waals surface area contributed by atoms with Crippen molar-refractivity contribution in [3.63, 3.8) is 0 Å². The molecule has 2 N–H and O–H groups in total. The van der Waals surface area contributed by atoms with Gasteiger partial charge < -0.3 is 19.4 Å². The van der Waals surface area contributed by atoms with Crippen LogP contribution in [0.3, 0.4) is 0 Å². The molecule has 2 aromatic heterocycles. The Balaban J connectivity index is 1.38. The number of anilines is 1. The number of aromatic nitrogens is 3. The van der Waals surface area contributed by atoms with Gasteiger partial charge in [-0.25, -0.2) is 13.4 Å². The van der Waals surface area contributed by atoms with Crippen LogP contribution in [0.1, 0.15) is 24.8 Å². The minimum Gasteiger partial charge on any atom is -0.474 e. The summed E-state index contributed by atoms with van der Waals surface area (Å²) in [6.45, 7) is 0.835. The van der Waals surface area contributed by atoms with Crippen LogP contribution in [0.2, 0.25) is 0 Å². The van der Waals surface area contributed by atoms with E-state index in [4.69, 9.17) is 19.4 Å². The predicted octanol–water partition coefficient (Wildman–Crippen LogP) is 1.54. The Morgan fingerprint density at radius 1 is 1.22 bits per heavy atom. The molecule has 1 aromatic carbocycles. The molecule has 2 aliphatic rings. The van der Waals surface area contributed by atoms with Gasteiger partial charge in [-0.3, -0.25) is 10.1 Å². The van der Waals surface area contributed by atoms with Crippen molar-refractivity contribution in [2.24, 2.45) is 5.16 Å². The third-order valence-corrected chi connectivity index (χ3v) is 8.61. The van der Waals surface area contributed by atoms with Gasteiger partial charge in [-0.2, -0.15) is 9.97 Å². The maximum absolute atomic E-state index is 13.2. The number of thiazole rings is 1. The monoisotopic (exact) mass is 533 g/mol. The van der Waals surface area contributed by atoms with Gasteiger partial charge >= 0.3 is 0 Å². The van der Waals surface area contributed by atoms with Gasteiger partial charge in [-0.15, -0.1) is 0 Å². The minimum atomic E-state index is -3.36. The van der Waals surface area contributed by atoms with Crippen LogP contribution < -0.4 is 10.1 Å². The molecule has 1 amide bonds. The zero-order chi connectivity index (χ0) is 25.1. The largest absolute Gasteiger partial charge is 0.474 e. The summed E-state index contributed by atoms with van der Waals surface area (Å²) in [5.74, 6) is -0.365. The summed E-state index contributed by atoms with van der Waals surface area (Å²) >= 11 is 1.09. The number of aliphatic hydroxyl groups is 1. The number of benzene rings is 1. The molecule has 2 fully saturated rings. The number of carbonyl (C=O) groups excluding carboxylic acids is 1. The van der Waals surface area contributed by atoms with Crippen molar-refractivity contribution in [3.05, 3.63) is 36.0 Å². The van der Waals surface area contributed by atoms with Crippen molar-refractivity contribution in [1.82, 2.24) is 15.0 Å². The molecule has 36 heavy (non-hydrogen) atoms. The van der Waals surface area contributed by atoms with Crippen molar-refractivity contribution in [3.8, 4) is 5.88 Å². The molecule has 0 radical (unpaired) electrons. The fourth-order valence-corrected chi connectivity index (χ4v) is 5.90. The lowest BCUT2D eigenvalue weighted by Gasteiger charge is -2.10. The second-order valence-electron chi connectivity index (χ2n) is 8.18. The smallest absolute Gasteiger partial charge is 0.280 e. The number of oxime groups is 1. The lowest BCUT2D eigenvalue weighted by Crippen LogP contribution is -2.25. The fourth-order valence-electron chi connectivity index (χ4n) is 3.46. The van der Waals surface area contributed by atoms with E-state index in [-0.39, 0.29) is 46.2 Å². The number of nitrogens with one attached hydrogen (secondary N) is 1. The van der Waals surface area contributed by atoms with E-state index >= 15 is 0 Å². The van der Waals surface area contributed by atoms with Gasteiger partial charge in [0.05, 0.1) is 36.2 Å². The van der Waals surface area contributed by atoms with Crippen LogP contribution >= 0.6 is 11.3 Å². The SMILES string of the molecule is O=C(Nc1nc2ncc(OCCO)nc2s1)/C(=N/O[C@@H]1CCOC1)c1ccc(S(=O)(=O)C2CC2)cc1. The molecule has 0 bridgehead atoms. The van der Waals surface area contributed by atoms with Crippen molar-refractivity contribution in [2.75, 3.05) is 31.7 Å². The van der Waals surface area contributed by atoms with Crippen LogP contribution in [0, 0.1) is 0 Å². The first kappa shape index (κ1) is 24.5. The Morgan fingerprint density at radius 3 is 2.72 bits per heavy atom. The molecule has 1 saturated carbocycles. The van der Waals surface area contributed by atoms with Crippen LogP contribution in [0.15, 0.2) is 40.5 Å². The van der Waals surface area contributed by atoms with Crippen molar-refractivity contribution >= 4 is 48.4 Å². The number of amides is 1. The molecule has 190 valence electrons. The number of sulfone groups is 1. The zero-order valence-electron chi connectivity index (χ0n) is 19.0. The summed E-state index contributed by atoms with van der Waals surface area (Å²) in [6, 6.07) is 6.02. The first-order chi connectivity index (χ1) is 17.4. The summed E-state index contributed by atoms with van der Waals surface area (Å²) in [4.78, 5) is 32.1. The number of ether oxygens (including phenoxy) is 2. The average Bonchev–Trinajstić information content (AvgIpc) is 3.48. The van der Waals surface area contributed by atoms with E-state index in [0.717, 1.165) is 11.3 Å². The van der Waals surface area contributed by atoms with Gasteiger partial charge in [0.1, 0.15) is 6.61 Å². The van der Waals surface area contributed by atoms with Gasteiger partial charge in [0, 0.05) is 12.0 Å². The highest BCUT2D eigenvalue weighted by molar-refractivity contribution is 7.92. The number of nitrogens with zero attached hydrogens (tertiary/aromatic N) is 4. The van der Waals surface area contributed by atoms with E-state index < -0.39 is 15.7 Å². The van der Waals surface area contributed by atoms with Crippen LogP contribution in [-0.2, 0) is 24.2 Å². The van der Waals surface area contributed by atoms with E-state index in [0.29, 0.717) is 48.5 Å². The Bertz CT molecular complexity index is 1380. The highest BCUT2D eigenvalue weighted by Gasteiger charge is 2.36. The zero-order valence-corrected chi connectivity index (χ0v) is 20.6. The van der Waals surface area contributed by atoms with Crippen molar-refractivity contribution < 1.29 is 32.6 Å². The second kappa shape index (κ2) is 10.4. The molecule has 14 heteroatoms. The number of hydrogen-bond acceptors (Lipinski definition) is 12. The summed E-state index contributed by atoms with van der Waals surface area (Å²) in [5.41, 5.74) is 0.668. The van der Waals surface area contributed by atoms with Crippen LogP contribution in [0.5, 0.6) is 5.88 Å². The molecule has 3 heterocycles. The Labute approximate surface area is 210 Å². The maximum atomic E-state index is 13.2. The first-order valence-corrected chi connectivity index (χ1v) is 13.6. The van der Waals surface area contributed by atoms with Crippen LogP contribution in [-0.4, -0.2) is 77.9 Å². The predicted molar refractivity (Wildman–Crippen MR) is 130 cm³/mol. The minimum absolute atomic E-state index is 0.0376. The number of aliphatic hydroxyl groups excluding tert-OH is 1. The number of fused-ring (bicyclic) bond motifs is 1. The quantitative estimate of drug-likeness (QED) is 0.289. The lowest BCUT2D eigenvalue weighted by atomic mass is 10.1. The van der Waals surface area contributed by atoms with Crippen LogP contribution in [0.4, 0.5) is 5.13 Å². The molecule has 1 aliphatic carbocycles. The number of hydrogen-bond donors (Lipinski definition) is 2. The van der Waals surface area contributed by atoms with Gasteiger partial charge in [0.15, 0.2) is 37.3 Å². The molecule has 0 unspecified atom stereocenters. The van der Waals surface area contributed by atoms with Crippen molar-refractivity contribution in [1.29, 1.82) is 0 Å². The van der Waals surface area contributed by atoms with E-state index in [2.05, 4.69) is 25.4 Å². The highest BCUT2D eigenvalue weighted by Crippen LogP contribution is 2.33. The summed E-state index contributed by atoms with van der Waals surface area (Å²) in [6.07, 6.45) is 3.07. The Morgan fingerprint density at radius 2 is 2.03 bits per heavy atom. The Kier molecular flexibility index (Phi) is 7.09. The standard InChI is InChI=1S/C22H23N5O7S2/c28-8-10-33-17-11-23-19-21(24-17)35-22(25-19)26-20(29)18(27-34-14-7-9-32-12-14)13-1-3-15(4-2-13)36(30,31)16-5-6-16/h1-4,11,14,16,28H,5-10,12H2,(H,23,25,26,29)/b27-18+/t14-/m1/s1. The molecular formula is C22H23N5O7S2. The normalized spacial score (nSPS) is 18.4. The summed E-state index contributed by atoms with van der Waals surface area (Å²) in [5, 5.41) is 15.6. The molecule has 1 saturated heterocycles. The second-order valence-corrected chi connectivity index (χ2v) is 11.4. The summed E-state index contributed by atoms with van der Waals surface area (Å²) in [7, 11) is -3.36. The maximum Gasteiger partial charge on any atom is 0.280 e. The molecule has 1 atom stereocenters. The van der Waals surface area contributed by atoms with Crippen LogP contribution in [0.25, 0.3) is 10.5 Å². The van der Waals surface area contributed by atoms with Gasteiger partial charge in [0.2, 0.25) is 5.88 Å². The van der Waals surface area contributed by atoms with E-state index in [1.165, 1.54) is 30.5 Å². The van der Waals surface area contributed by atoms with Gasteiger partial charge in [-0.05, 0) is 25.0 Å². The van der Waals surface area contributed by atoms with Gasteiger partial charge in [0.25, 0.3) is 5.91 Å². The third-order valence-electron chi connectivity index (χ3n) is 5.48.